The smallest absolute Gasteiger partial charge is 0.253 e. The van der Waals surface area contributed by atoms with Crippen LogP contribution in [-0.4, -0.2) is 34.5 Å². The molecule has 0 unspecified atom stereocenters. The third kappa shape index (κ3) is 4.32. The van der Waals surface area contributed by atoms with E-state index in [0.717, 1.165) is 23.4 Å². The Morgan fingerprint density at radius 2 is 1.94 bits per heavy atom. The number of ether oxygens (including phenoxy) is 2. The predicted molar refractivity (Wildman–Crippen MR) is 131 cm³/mol. The fraction of sp³-hybridized carbons (Fsp3) is 0.160. The van der Waals surface area contributed by atoms with Crippen LogP contribution in [0.25, 0.3) is 22.8 Å². The van der Waals surface area contributed by atoms with E-state index in [4.69, 9.17) is 32.7 Å². The van der Waals surface area contributed by atoms with Crippen molar-refractivity contribution in [1.82, 2.24) is 20.3 Å². The Bertz CT molecular complexity index is 1390. The first-order chi connectivity index (χ1) is 16.5. The molecule has 0 spiro atoms. The molecule has 0 bridgehead atoms. The van der Waals surface area contributed by atoms with Gasteiger partial charge in [-0.15, -0.1) is 0 Å². The lowest BCUT2D eigenvalue weighted by atomic mass is 10.1. The Labute approximate surface area is 206 Å². The van der Waals surface area contributed by atoms with E-state index in [1.165, 1.54) is 0 Å². The maximum absolute atomic E-state index is 12.1. The number of aromatic amines is 1. The highest BCUT2D eigenvalue weighted by molar-refractivity contribution is 6.32. The van der Waals surface area contributed by atoms with Crippen molar-refractivity contribution in [2.24, 2.45) is 0 Å². The first-order valence-corrected chi connectivity index (χ1v) is 11.4. The molecule has 0 fully saturated rings. The second-order valence-corrected chi connectivity index (χ2v) is 8.53. The summed E-state index contributed by atoms with van der Waals surface area (Å²) in [6, 6.07) is 14.6. The SMILES string of the molecule is COc1cc(-c2nccc(-c3cc4c([nH]3)CCNC4=O)n2)cc(Cl)c1OCc1ccccc1Cl. The van der Waals surface area contributed by atoms with Gasteiger partial charge in [-0.05, 0) is 30.3 Å². The van der Waals surface area contributed by atoms with Gasteiger partial charge in [-0.2, -0.15) is 0 Å². The molecule has 2 aromatic heterocycles. The third-order valence-corrected chi connectivity index (χ3v) is 6.20. The van der Waals surface area contributed by atoms with Gasteiger partial charge in [-0.25, -0.2) is 9.97 Å². The molecule has 9 heteroatoms. The molecule has 7 nitrogen and oxygen atoms in total. The molecule has 0 saturated carbocycles. The minimum atomic E-state index is -0.0815. The maximum Gasteiger partial charge on any atom is 0.253 e. The molecule has 172 valence electrons. The zero-order valence-electron chi connectivity index (χ0n) is 18.2. The Morgan fingerprint density at radius 1 is 1.09 bits per heavy atom. The molecule has 2 aromatic carbocycles. The number of benzene rings is 2. The number of carbonyl (C=O) groups is 1. The second-order valence-electron chi connectivity index (χ2n) is 7.72. The van der Waals surface area contributed by atoms with Crippen molar-refractivity contribution >= 4 is 29.1 Å². The summed E-state index contributed by atoms with van der Waals surface area (Å²) in [5, 5.41) is 3.83. The van der Waals surface area contributed by atoms with Crippen LogP contribution in [0.5, 0.6) is 11.5 Å². The quantitative estimate of drug-likeness (QED) is 0.378. The summed E-state index contributed by atoms with van der Waals surface area (Å²) in [5.74, 6) is 1.25. The fourth-order valence-electron chi connectivity index (χ4n) is 3.83. The van der Waals surface area contributed by atoms with E-state index in [2.05, 4.69) is 20.3 Å². The molecule has 1 aliphatic rings. The van der Waals surface area contributed by atoms with Gasteiger partial charge in [-0.1, -0.05) is 41.4 Å². The molecule has 34 heavy (non-hydrogen) atoms. The Kier molecular flexibility index (Phi) is 6.13. The number of hydrogen-bond acceptors (Lipinski definition) is 5. The Hall–Kier alpha value is -3.55. The number of fused-ring (bicyclic) bond motifs is 1. The van der Waals surface area contributed by atoms with Gasteiger partial charge in [0.2, 0.25) is 0 Å². The summed E-state index contributed by atoms with van der Waals surface area (Å²) in [4.78, 5) is 24.5. The Morgan fingerprint density at radius 3 is 2.74 bits per heavy atom. The predicted octanol–water partition coefficient (Wildman–Crippen LogP) is 5.32. The topological polar surface area (TPSA) is 89.1 Å². The molecule has 5 rings (SSSR count). The standard InChI is InChI=1S/C25H20Cl2N4O3/c1-33-22-11-15(10-18(27)23(22)34-13-14-4-2-3-5-17(14)26)24-28-8-7-20(31-24)21-12-16-19(30-21)6-9-29-25(16)32/h2-5,7-8,10-12,30H,6,9,13H2,1H3,(H,29,32). The summed E-state index contributed by atoms with van der Waals surface area (Å²) in [6.07, 6.45) is 2.42. The molecule has 3 heterocycles. The van der Waals surface area contributed by atoms with Crippen molar-refractivity contribution in [2.75, 3.05) is 13.7 Å². The number of methoxy groups -OCH3 is 1. The minimum absolute atomic E-state index is 0.0815. The summed E-state index contributed by atoms with van der Waals surface area (Å²) in [7, 11) is 1.55. The molecule has 0 atom stereocenters. The molecule has 0 radical (unpaired) electrons. The van der Waals surface area contributed by atoms with Crippen LogP contribution in [0.2, 0.25) is 10.0 Å². The lowest BCUT2D eigenvalue weighted by Crippen LogP contribution is -2.31. The van der Waals surface area contributed by atoms with Crippen LogP contribution in [0.4, 0.5) is 0 Å². The summed E-state index contributed by atoms with van der Waals surface area (Å²) >= 11 is 12.8. The Balaban J connectivity index is 1.45. The molecular formula is C25H20Cl2N4O3. The maximum atomic E-state index is 12.1. The van der Waals surface area contributed by atoms with Crippen molar-refractivity contribution in [2.45, 2.75) is 13.0 Å². The van der Waals surface area contributed by atoms with Crippen LogP contribution in [0.15, 0.2) is 54.7 Å². The minimum Gasteiger partial charge on any atom is -0.493 e. The monoisotopic (exact) mass is 494 g/mol. The van der Waals surface area contributed by atoms with Crippen LogP contribution in [-0.2, 0) is 13.0 Å². The molecule has 0 aliphatic carbocycles. The van der Waals surface area contributed by atoms with Crippen molar-refractivity contribution in [3.05, 3.63) is 81.6 Å². The number of H-pyrrole nitrogens is 1. The molecule has 1 aliphatic heterocycles. The van der Waals surface area contributed by atoms with Crippen LogP contribution in [0.3, 0.4) is 0 Å². The number of nitrogens with one attached hydrogen (secondary N) is 2. The van der Waals surface area contributed by atoms with E-state index < -0.39 is 0 Å². The van der Waals surface area contributed by atoms with Gasteiger partial charge < -0.3 is 19.8 Å². The van der Waals surface area contributed by atoms with Gasteiger partial charge in [0.15, 0.2) is 17.3 Å². The highest BCUT2D eigenvalue weighted by atomic mass is 35.5. The highest BCUT2D eigenvalue weighted by Crippen LogP contribution is 2.39. The number of amides is 1. The normalized spacial score (nSPS) is 12.7. The molecule has 0 saturated heterocycles. The van der Waals surface area contributed by atoms with Gasteiger partial charge in [0.25, 0.3) is 5.91 Å². The molecular weight excluding hydrogens is 475 g/mol. The van der Waals surface area contributed by atoms with E-state index in [1.54, 1.807) is 37.6 Å². The van der Waals surface area contributed by atoms with Gasteiger partial charge in [0.05, 0.1) is 29.1 Å². The third-order valence-electron chi connectivity index (χ3n) is 5.55. The number of hydrogen-bond donors (Lipinski definition) is 2. The second kappa shape index (κ2) is 9.37. The zero-order valence-corrected chi connectivity index (χ0v) is 19.7. The number of halogens is 2. The molecule has 4 aromatic rings. The van der Waals surface area contributed by atoms with Crippen molar-refractivity contribution in [1.29, 1.82) is 0 Å². The summed E-state index contributed by atoms with van der Waals surface area (Å²) < 4.78 is 11.5. The van der Waals surface area contributed by atoms with Crippen molar-refractivity contribution in [3.63, 3.8) is 0 Å². The average molecular weight is 495 g/mol. The fourth-order valence-corrected chi connectivity index (χ4v) is 4.29. The van der Waals surface area contributed by atoms with Gasteiger partial charge in [-0.3, -0.25) is 4.79 Å². The van der Waals surface area contributed by atoms with Crippen LogP contribution < -0.4 is 14.8 Å². The van der Waals surface area contributed by atoms with E-state index in [9.17, 15) is 4.79 Å². The van der Waals surface area contributed by atoms with E-state index in [1.807, 2.05) is 24.3 Å². The van der Waals surface area contributed by atoms with Gasteiger partial charge in [0, 0.05) is 41.0 Å². The van der Waals surface area contributed by atoms with Crippen molar-refractivity contribution in [3.8, 4) is 34.3 Å². The van der Waals surface area contributed by atoms with Crippen LogP contribution in [0, 0.1) is 0 Å². The summed E-state index contributed by atoms with van der Waals surface area (Å²) in [5.41, 5.74) is 4.48. The number of rotatable bonds is 6. The van der Waals surface area contributed by atoms with Gasteiger partial charge >= 0.3 is 0 Å². The number of carbonyl (C=O) groups excluding carboxylic acids is 1. The van der Waals surface area contributed by atoms with E-state index in [0.29, 0.717) is 50.7 Å². The van der Waals surface area contributed by atoms with Gasteiger partial charge in [0.1, 0.15) is 6.61 Å². The largest absolute Gasteiger partial charge is 0.493 e. The van der Waals surface area contributed by atoms with Crippen LogP contribution in [0.1, 0.15) is 21.6 Å². The van der Waals surface area contributed by atoms with Crippen molar-refractivity contribution < 1.29 is 14.3 Å². The number of aromatic nitrogens is 3. The number of nitrogens with zero attached hydrogens (tertiary/aromatic N) is 2. The molecule has 1 amide bonds. The van der Waals surface area contributed by atoms with Crippen LogP contribution >= 0.6 is 23.2 Å². The van der Waals surface area contributed by atoms with E-state index >= 15 is 0 Å². The first-order valence-electron chi connectivity index (χ1n) is 10.6. The summed E-state index contributed by atoms with van der Waals surface area (Å²) in [6.45, 7) is 0.857. The van der Waals surface area contributed by atoms with E-state index in [-0.39, 0.29) is 12.5 Å². The average Bonchev–Trinajstić information content (AvgIpc) is 3.30. The lowest BCUT2D eigenvalue weighted by Gasteiger charge is -2.14. The lowest BCUT2D eigenvalue weighted by molar-refractivity contribution is 0.0946. The first kappa shape index (κ1) is 22.3. The highest BCUT2D eigenvalue weighted by Gasteiger charge is 2.21. The zero-order chi connectivity index (χ0) is 23.7. The molecule has 2 N–H and O–H groups in total.